The molecular weight excluding hydrogens is 815 g/mol. The second kappa shape index (κ2) is 19.1. The molecule has 0 radical (unpaired) electrons. The van der Waals surface area contributed by atoms with Gasteiger partial charge in [0.1, 0.15) is 22.9 Å². The zero-order valence-corrected chi connectivity index (χ0v) is 37.3. The fraction of sp³-hybridized carbons (Fsp3) is 0.423. The van der Waals surface area contributed by atoms with Gasteiger partial charge in [0.25, 0.3) is 0 Å². The molecule has 0 unspecified atom stereocenters. The van der Waals surface area contributed by atoms with Gasteiger partial charge in [0.2, 0.25) is 5.91 Å². The van der Waals surface area contributed by atoms with Crippen molar-refractivity contribution >= 4 is 29.2 Å². The number of rotatable bonds is 16. The molecule has 0 aliphatic heterocycles. The second-order valence-electron chi connectivity index (χ2n) is 18.3. The Morgan fingerprint density at radius 1 is 1.00 bits per heavy atom. The van der Waals surface area contributed by atoms with E-state index >= 15 is 0 Å². The average Bonchev–Trinajstić information content (AvgIpc) is 3.56. The van der Waals surface area contributed by atoms with E-state index in [4.69, 9.17) is 21.1 Å². The highest BCUT2D eigenvalue weighted by molar-refractivity contribution is 6.30. The number of carboxylic acid groups (broad SMARTS) is 1. The van der Waals surface area contributed by atoms with Gasteiger partial charge >= 0.3 is 5.97 Å². The van der Waals surface area contributed by atoms with Crippen molar-refractivity contribution in [3.8, 4) is 22.6 Å². The molecule has 330 valence electrons. The number of pyridine rings is 2. The fourth-order valence-corrected chi connectivity index (χ4v) is 10.7. The van der Waals surface area contributed by atoms with Gasteiger partial charge in [-0.1, -0.05) is 49.7 Å². The summed E-state index contributed by atoms with van der Waals surface area (Å²) in [6.45, 7) is 5.63. The van der Waals surface area contributed by atoms with E-state index < -0.39 is 11.5 Å². The number of amides is 1. The number of nitrogens with one attached hydrogen (secondary N) is 1. The molecule has 8 rings (SSSR count). The van der Waals surface area contributed by atoms with Gasteiger partial charge in [-0.05, 0) is 159 Å². The van der Waals surface area contributed by atoms with Gasteiger partial charge < -0.3 is 24.8 Å². The maximum atomic E-state index is 14.8. The summed E-state index contributed by atoms with van der Waals surface area (Å²) in [7, 11) is 1.70. The molecule has 1 fully saturated rings. The van der Waals surface area contributed by atoms with Crippen LogP contribution in [0.25, 0.3) is 11.1 Å². The molecule has 11 heteroatoms. The number of benzene rings is 3. The molecule has 3 aromatic carbocycles. The van der Waals surface area contributed by atoms with Crippen LogP contribution in [0.15, 0.2) is 97.5 Å². The maximum absolute atomic E-state index is 14.8. The van der Waals surface area contributed by atoms with Gasteiger partial charge in [-0.15, -0.1) is 0 Å². The number of hydrogen-bond donors (Lipinski definition) is 2. The number of fused-ring (bicyclic) bond motifs is 3. The van der Waals surface area contributed by atoms with Crippen LogP contribution < -0.4 is 14.8 Å². The Kier molecular flexibility index (Phi) is 13.4. The van der Waals surface area contributed by atoms with E-state index in [2.05, 4.69) is 41.3 Å². The first-order valence-electron chi connectivity index (χ1n) is 22.5. The van der Waals surface area contributed by atoms with Crippen molar-refractivity contribution in [1.82, 2.24) is 14.9 Å². The van der Waals surface area contributed by atoms with Crippen molar-refractivity contribution in [1.29, 1.82) is 0 Å². The van der Waals surface area contributed by atoms with Crippen LogP contribution in [0.1, 0.15) is 106 Å². The molecule has 1 amide bonds. The number of carbonyl (C=O) groups excluding carboxylic acids is 1. The summed E-state index contributed by atoms with van der Waals surface area (Å²) in [5.74, 6) is 1.36. The molecule has 3 atom stereocenters. The molecule has 1 spiro atoms. The van der Waals surface area contributed by atoms with Crippen molar-refractivity contribution in [2.45, 2.75) is 108 Å². The predicted molar refractivity (Wildman–Crippen MR) is 245 cm³/mol. The predicted octanol–water partition coefficient (Wildman–Crippen LogP) is 11.2. The van der Waals surface area contributed by atoms with Crippen LogP contribution in [-0.2, 0) is 34.4 Å². The van der Waals surface area contributed by atoms with Crippen molar-refractivity contribution < 1.29 is 28.6 Å². The molecule has 1 saturated carbocycles. The number of halogens is 2. The van der Waals surface area contributed by atoms with Gasteiger partial charge in [-0.25, -0.2) is 9.18 Å². The van der Waals surface area contributed by atoms with Crippen LogP contribution in [0.5, 0.6) is 11.5 Å². The van der Waals surface area contributed by atoms with Crippen LogP contribution in [-0.4, -0.2) is 57.7 Å². The minimum absolute atomic E-state index is 0.0903. The minimum Gasteiger partial charge on any atom is -0.494 e. The zero-order valence-electron chi connectivity index (χ0n) is 36.5. The minimum atomic E-state index is -1.13. The van der Waals surface area contributed by atoms with Crippen LogP contribution in [0.2, 0.25) is 5.02 Å². The molecular formula is C52H58ClFN4O5. The molecule has 3 aliphatic carbocycles. The summed E-state index contributed by atoms with van der Waals surface area (Å²) in [4.78, 5) is 36.7. The van der Waals surface area contributed by atoms with Crippen LogP contribution in [0, 0.1) is 17.7 Å². The molecule has 63 heavy (non-hydrogen) atoms. The zero-order chi connectivity index (χ0) is 44.1. The summed E-state index contributed by atoms with van der Waals surface area (Å²) in [6.07, 6.45) is 13.5. The Morgan fingerprint density at radius 2 is 1.84 bits per heavy atom. The Labute approximate surface area is 375 Å². The van der Waals surface area contributed by atoms with Crippen LogP contribution in [0.4, 0.5) is 10.1 Å². The van der Waals surface area contributed by atoms with Gasteiger partial charge in [0, 0.05) is 71.7 Å². The SMILES string of the molecule is C[C@@H](COc1ccnc2c1[C@H](C)CCC2)C[C@H]1Cc2ccc(OCCCC(=O)N(C)Cc3cc(-c4cccnc4)ccc3F)cc2C12CCC(Nc1cccc(Cl)c1)(C(=O)O)CC2. The van der Waals surface area contributed by atoms with E-state index in [-0.39, 0.29) is 41.9 Å². The van der Waals surface area contributed by atoms with E-state index in [0.29, 0.717) is 67.5 Å². The highest BCUT2D eigenvalue weighted by Crippen LogP contribution is 2.57. The molecule has 9 nitrogen and oxygen atoms in total. The lowest BCUT2D eigenvalue weighted by Crippen LogP contribution is -2.53. The van der Waals surface area contributed by atoms with Gasteiger partial charge in [0.15, 0.2) is 0 Å². The molecule has 0 saturated heterocycles. The van der Waals surface area contributed by atoms with E-state index in [1.54, 1.807) is 48.6 Å². The van der Waals surface area contributed by atoms with E-state index in [9.17, 15) is 19.1 Å². The van der Waals surface area contributed by atoms with Crippen molar-refractivity contribution in [3.05, 3.63) is 136 Å². The Bertz CT molecular complexity index is 2420. The summed E-state index contributed by atoms with van der Waals surface area (Å²) in [5.41, 5.74) is 6.43. The van der Waals surface area contributed by atoms with Gasteiger partial charge in [-0.2, -0.15) is 0 Å². The van der Waals surface area contributed by atoms with Crippen molar-refractivity contribution in [2.24, 2.45) is 11.8 Å². The third kappa shape index (κ3) is 9.71. The molecule has 3 aliphatic rings. The molecule has 0 bridgehead atoms. The Hall–Kier alpha value is -5.48. The number of hydrogen-bond acceptors (Lipinski definition) is 7. The van der Waals surface area contributed by atoms with E-state index in [1.165, 1.54) is 22.8 Å². The van der Waals surface area contributed by atoms with E-state index in [0.717, 1.165) is 60.4 Å². The quantitative estimate of drug-likeness (QED) is 0.0943. The fourth-order valence-electron chi connectivity index (χ4n) is 10.5. The van der Waals surface area contributed by atoms with Gasteiger partial charge in [-0.3, -0.25) is 14.8 Å². The standard InChI is InChI=1S/C52H58ClFN4O5/c1-34(33-63-47-18-24-56-46-12-4-8-35(2)49(46)47)26-40-28-37-14-16-43(30-44(37)51(40)19-21-52(22-20-51,50(60)61)57-42-11-5-10-41(53)29-42)62-25-7-13-48(59)58(3)32-39-27-36(15-17-45(39)54)38-9-6-23-55-31-38/h5-6,9-11,14-18,23-24,27,29-31,34-35,40,57H,4,7-8,12-13,19-22,25-26,28,32-33H2,1-3H3,(H,60,61)/t34-,35-,40+,51?,52?/m1/s1. The highest BCUT2D eigenvalue weighted by atomic mass is 35.5. The molecule has 2 aromatic heterocycles. The third-order valence-corrected chi connectivity index (χ3v) is 14.2. The highest BCUT2D eigenvalue weighted by Gasteiger charge is 2.54. The van der Waals surface area contributed by atoms with Crippen molar-refractivity contribution in [3.63, 3.8) is 0 Å². The average molecular weight is 874 g/mol. The number of anilines is 1. The number of aliphatic carboxylic acids is 1. The summed E-state index contributed by atoms with van der Waals surface area (Å²) < 4.78 is 27.8. The van der Waals surface area contributed by atoms with E-state index in [1.807, 2.05) is 42.6 Å². The van der Waals surface area contributed by atoms with Crippen LogP contribution >= 0.6 is 11.6 Å². The topological polar surface area (TPSA) is 114 Å². The Morgan fingerprint density at radius 3 is 2.62 bits per heavy atom. The lowest BCUT2D eigenvalue weighted by Gasteiger charge is -2.47. The number of aromatic nitrogens is 2. The molecule has 2 heterocycles. The number of carboxylic acids is 1. The number of ether oxygens (including phenoxy) is 2. The smallest absolute Gasteiger partial charge is 0.329 e. The molecule has 5 aromatic rings. The van der Waals surface area contributed by atoms with Crippen molar-refractivity contribution in [2.75, 3.05) is 25.6 Å². The lowest BCUT2D eigenvalue weighted by molar-refractivity contribution is -0.144. The third-order valence-electron chi connectivity index (χ3n) is 13.9. The monoisotopic (exact) mass is 872 g/mol. The maximum Gasteiger partial charge on any atom is 0.329 e. The first kappa shape index (κ1) is 44.1. The summed E-state index contributed by atoms with van der Waals surface area (Å²) >= 11 is 6.32. The largest absolute Gasteiger partial charge is 0.494 e. The normalized spacial score (nSPS) is 21.9. The van der Waals surface area contributed by atoms with Crippen LogP contribution in [0.3, 0.4) is 0 Å². The Balaban J connectivity index is 0.943. The molecule has 2 N–H and O–H groups in total. The number of nitrogens with zero attached hydrogens (tertiary/aromatic N) is 3. The first-order valence-corrected chi connectivity index (χ1v) is 22.9. The van der Waals surface area contributed by atoms with Gasteiger partial charge in [0.05, 0.1) is 13.2 Å². The summed E-state index contributed by atoms with van der Waals surface area (Å²) in [6, 6.07) is 24.3. The lowest BCUT2D eigenvalue weighted by atomic mass is 9.59. The first-order chi connectivity index (χ1) is 30.4. The second-order valence-corrected chi connectivity index (χ2v) is 18.7. The number of aryl methyl sites for hydroxylation is 1. The summed E-state index contributed by atoms with van der Waals surface area (Å²) in [5, 5.41) is 14.7. The number of carbonyl (C=O) groups is 2.